The zero-order valence-corrected chi connectivity index (χ0v) is 12.9. The van der Waals surface area contributed by atoms with Crippen LogP contribution >= 0.6 is 0 Å². The molecule has 1 fully saturated rings. The van der Waals surface area contributed by atoms with Crippen LogP contribution < -0.4 is 15.2 Å². The average molecular weight is 300 g/mol. The molecule has 1 aliphatic heterocycles. The van der Waals surface area contributed by atoms with Crippen molar-refractivity contribution < 1.29 is 4.74 Å². The van der Waals surface area contributed by atoms with E-state index in [1.807, 2.05) is 19.1 Å². The highest BCUT2D eigenvalue weighted by Crippen LogP contribution is 2.20. The van der Waals surface area contributed by atoms with Crippen LogP contribution in [0.3, 0.4) is 0 Å². The topological polar surface area (TPSA) is 60.2 Å². The summed E-state index contributed by atoms with van der Waals surface area (Å²) in [6.45, 7) is 3.63. The van der Waals surface area contributed by atoms with E-state index >= 15 is 0 Å². The third kappa shape index (κ3) is 3.10. The fourth-order valence-corrected chi connectivity index (χ4v) is 2.63. The van der Waals surface area contributed by atoms with Gasteiger partial charge in [0.25, 0.3) is 5.56 Å². The Bertz CT molecular complexity index is 691. The molecule has 6 nitrogen and oxygen atoms in total. The van der Waals surface area contributed by atoms with Crippen molar-refractivity contribution in [1.82, 2.24) is 14.5 Å². The molecule has 0 atom stereocenters. The highest BCUT2D eigenvalue weighted by molar-refractivity contribution is 5.29. The molecule has 0 amide bonds. The Hall–Kier alpha value is -2.37. The van der Waals surface area contributed by atoms with Crippen molar-refractivity contribution in [2.24, 2.45) is 7.05 Å². The summed E-state index contributed by atoms with van der Waals surface area (Å²) < 4.78 is 7.59. The van der Waals surface area contributed by atoms with E-state index in [0.717, 1.165) is 37.6 Å². The molecule has 2 aromatic heterocycles. The molecule has 0 unspecified atom stereocenters. The van der Waals surface area contributed by atoms with Crippen molar-refractivity contribution in [3.8, 4) is 5.75 Å². The predicted octanol–water partition coefficient (Wildman–Crippen LogP) is 1.53. The van der Waals surface area contributed by atoms with Crippen LogP contribution in [0.4, 0.5) is 5.95 Å². The first-order valence-corrected chi connectivity index (χ1v) is 7.50. The van der Waals surface area contributed by atoms with Gasteiger partial charge in [-0.2, -0.15) is 0 Å². The molecular formula is C16H20N4O2. The van der Waals surface area contributed by atoms with Crippen LogP contribution in [-0.2, 0) is 7.05 Å². The molecule has 1 saturated heterocycles. The normalized spacial score (nSPS) is 15.8. The van der Waals surface area contributed by atoms with E-state index in [0.29, 0.717) is 5.75 Å². The Morgan fingerprint density at radius 1 is 1.18 bits per heavy atom. The molecule has 0 N–H and O–H groups in total. The van der Waals surface area contributed by atoms with Crippen LogP contribution in [-0.4, -0.2) is 33.7 Å². The minimum absolute atomic E-state index is 0.0369. The summed E-state index contributed by atoms with van der Waals surface area (Å²) in [7, 11) is 1.76. The molecule has 0 aliphatic carbocycles. The number of ether oxygens (including phenoxy) is 1. The van der Waals surface area contributed by atoms with Crippen LogP contribution in [0.2, 0.25) is 0 Å². The first-order chi connectivity index (χ1) is 10.6. The van der Waals surface area contributed by atoms with Gasteiger partial charge in [0.1, 0.15) is 11.9 Å². The van der Waals surface area contributed by atoms with Crippen molar-refractivity contribution in [2.45, 2.75) is 25.9 Å². The fraction of sp³-hybridized carbons (Fsp3) is 0.438. The van der Waals surface area contributed by atoms with Gasteiger partial charge in [-0.25, -0.2) is 9.97 Å². The lowest BCUT2D eigenvalue weighted by molar-refractivity contribution is 0.170. The van der Waals surface area contributed by atoms with E-state index < -0.39 is 0 Å². The molecule has 0 radical (unpaired) electrons. The Kier molecular flexibility index (Phi) is 4.09. The van der Waals surface area contributed by atoms with E-state index in [4.69, 9.17) is 4.74 Å². The maximum Gasteiger partial charge on any atom is 0.254 e. The van der Waals surface area contributed by atoms with Crippen LogP contribution in [0.25, 0.3) is 0 Å². The number of pyridine rings is 1. The maximum absolute atomic E-state index is 11.8. The fourth-order valence-electron chi connectivity index (χ4n) is 2.63. The van der Waals surface area contributed by atoms with Gasteiger partial charge in [-0.15, -0.1) is 0 Å². The van der Waals surface area contributed by atoms with Crippen LogP contribution in [0, 0.1) is 6.92 Å². The zero-order valence-electron chi connectivity index (χ0n) is 12.9. The number of aryl methyl sites for hydroxylation is 1. The molecule has 3 rings (SSSR count). The molecule has 0 aromatic carbocycles. The number of anilines is 1. The standard InChI is InChI=1S/C16H20N4O2/c1-12-10-14(11-15(21)19(12)2)22-13-4-8-20(9-5-13)16-17-6-3-7-18-16/h3,6-7,10-11,13H,4-5,8-9H2,1-2H3. The summed E-state index contributed by atoms with van der Waals surface area (Å²) in [6.07, 6.45) is 5.44. The quantitative estimate of drug-likeness (QED) is 0.860. The number of aromatic nitrogens is 3. The van der Waals surface area contributed by atoms with Gasteiger partial charge in [-0.05, 0) is 19.1 Å². The number of rotatable bonds is 3. The molecule has 6 heteroatoms. The van der Waals surface area contributed by atoms with Crippen LogP contribution in [0.1, 0.15) is 18.5 Å². The van der Waals surface area contributed by atoms with Gasteiger partial charge < -0.3 is 14.2 Å². The highest BCUT2D eigenvalue weighted by Gasteiger charge is 2.22. The largest absolute Gasteiger partial charge is 0.490 e. The van der Waals surface area contributed by atoms with Gasteiger partial charge in [-0.3, -0.25) is 4.79 Å². The third-order valence-electron chi connectivity index (χ3n) is 4.06. The van der Waals surface area contributed by atoms with E-state index in [1.165, 1.54) is 0 Å². The highest BCUT2D eigenvalue weighted by atomic mass is 16.5. The van der Waals surface area contributed by atoms with Crippen molar-refractivity contribution in [1.29, 1.82) is 0 Å². The van der Waals surface area contributed by atoms with E-state index in [-0.39, 0.29) is 11.7 Å². The molecule has 0 spiro atoms. The minimum Gasteiger partial charge on any atom is -0.490 e. The van der Waals surface area contributed by atoms with Crippen molar-refractivity contribution in [2.75, 3.05) is 18.0 Å². The number of nitrogens with zero attached hydrogens (tertiary/aromatic N) is 4. The maximum atomic E-state index is 11.8. The van der Waals surface area contributed by atoms with Gasteiger partial charge in [0, 0.05) is 57.1 Å². The number of piperidine rings is 1. The Morgan fingerprint density at radius 2 is 1.86 bits per heavy atom. The Labute approximate surface area is 129 Å². The smallest absolute Gasteiger partial charge is 0.254 e. The summed E-state index contributed by atoms with van der Waals surface area (Å²) in [5.41, 5.74) is 0.864. The molecule has 2 aromatic rings. The number of hydrogen-bond donors (Lipinski definition) is 0. The second-order valence-electron chi connectivity index (χ2n) is 5.58. The van der Waals surface area contributed by atoms with Gasteiger partial charge in [0.15, 0.2) is 0 Å². The summed E-state index contributed by atoms with van der Waals surface area (Å²) in [5.74, 6) is 1.43. The van der Waals surface area contributed by atoms with Gasteiger partial charge in [0.2, 0.25) is 5.95 Å². The molecule has 1 aliphatic rings. The van der Waals surface area contributed by atoms with Crippen molar-refractivity contribution in [3.05, 3.63) is 46.6 Å². The lowest BCUT2D eigenvalue weighted by atomic mass is 10.1. The van der Waals surface area contributed by atoms with E-state index in [2.05, 4.69) is 14.9 Å². The van der Waals surface area contributed by atoms with Crippen LogP contribution in [0.5, 0.6) is 5.75 Å². The Morgan fingerprint density at radius 3 is 2.50 bits per heavy atom. The number of hydrogen-bond acceptors (Lipinski definition) is 5. The summed E-state index contributed by atoms with van der Waals surface area (Å²) in [6, 6.07) is 5.28. The molecule has 22 heavy (non-hydrogen) atoms. The first-order valence-electron chi connectivity index (χ1n) is 7.50. The van der Waals surface area contributed by atoms with Crippen molar-refractivity contribution >= 4 is 5.95 Å². The van der Waals surface area contributed by atoms with E-state index in [1.54, 1.807) is 30.1 Å². The first kappa shape index (κ1) is 14.6. The minimum atomic E-state index is -0.0369. The molecule has 0 saturated carbocycles. The third-order valence-corrected chi connectivity index (χ3v) is 4.06. The molecule has 116 valence electrons. The average Bonchev–Trinajstić information content (AvgIpc) is 2.54. The molecule has 3 heterocycles. The predicted molar refractivity (Wildman–Crippen MR) is 84.3 cm³/mol. The Balaban J connectivity index is 1.62. The second kappa shape index (κ2) is 6.17. The second-order valence-corrected chi connectivity index (χ2v) is 5.58. The van der Waals surface area contributed by atoms with E-state index in [9.17, 15) is 4.79 Å². The summed E-state index contributed by atoms with van der Waals surface area (Å²) in [4.78, 5) is 22.5. The van der Waals surface area contributed by atoms with Gasteiger partial charge in [0.05, 0.1) is 0 Å². The lowest BCUT2D eigenvalue weighted by Gasteiger charge is -2.32. The monoisotopic (exact) mass is 300 g/mol. The summed E-state index contributed by atoms with van der Waals surface area (Å²) in [5, 5.41) is 0. The zero-order chi connectivity index (χ0) is 15.5. The molecular weight excluding hydrogens is 280 g/mol. The molecule has 0 bridgehead atoms. The summed E-state index contributed by atoms with van der Waals surface area (Å²) >= 11 is 0. The van der Waals surface area contributed by atoms with Gasteiger partial charge >= 0.3 is 0 Å². The van der Waals surface area contributed by atoms with Gasteiger partial charge in [-0.1, -0.05) is 0 Å². The lowest BCUT2D eigenvalue weighted by Crippen LogP contribution is -2.39. The van der Waals surface area contributed by atoms with Crippen LogP contribution in [0.15, 0.2) is 35.4 Å². The SMILES string of the molecule is Cc1cc(OC2CCN(c3ncccn3)CC2)cc(=O)n1C. The van der Waals surface area contributed by atoms with Crippen molar-refractivity contribution in [3.63, 3.8) is 0 Å².